The van der Waals surface area contributed by atoms with Crippen LogP contribution in [0.5, 0.6) is 5.75 Å². The van der Waals surface area contributed by atoms with Crippen LogP contribution in [-0.2, 0) is 16.0 Å². The molecule has 1 aromatic heterocycles. The second-order valence-electron chi connectivity index (χ2n) is 10.7. The third kappa shape index (κ3) is 3.89. The van der Waals surface area contributed by atoms with Gasteiger partial charge >= 0.3 is 6.03 Å². The van der Waals surface area contributed by atoms with Crippen LogP contribution in [0.1, 0.15) is 43.5 Å². The van der Waals surface area contributed by atoms with Crippen LogP contribution in [0.15, 0.2) is 35.6 Å². The van der Waals surface area contributed by atoms with Gasteiger partial charge in [0, 0.05) is 61.7 Å². The zero-order chi connectivity index (χ0) is 26.6. The molecule has 4 heterocycles. The number of amides is 3. The maximum Gasteiger partial charge on any atom is 0.328 e. The highest BCUT2D eigenvalue weighted by atomic mass is 19.1. The number of nitrogens with one attached hydrogen (secondary N) is 1. The number of rotatable bonds is 6. The van der Waals surface area contributed by atoms with Gasteiger partial charge in [-0.2, -0.15) is 0 Å². The molecule has 10 heteroatoms. The number of aliphatic hydroxyl groups is 1. The molecule has 3 aliphatic heterocycles. The minimum atomic E-state index is -1.12. The first kappa shape index (κ1) is 24.9. The van der Waals surface area contributed by atoms with Crippen molar-refractivity contribution in [1.29, 1.82) is 0 Å². The predicted molar refractivity (Wildman–Crippen MR) is 139 cm³/mol. The van der Waals surface area contributed by atoms with E-state index in [0.29, 0.717) is 51.0 Å². The molecule has 1 aliphatic carbocycles. The van der Waals surface area contributed by atoms with Gasteiger partial charge in [-0.3, -0.25) is 19.5 Å². The predicted octanol–water partition coefficient (Wildman–Crippen LogP) is 3.82. The number of aromatic nitrogens is 1. The van der Waals surface area contributed by atoms with Gasteiger partial charge in [-0.15, -0.1) is 0 Å². The van der Waals surface area contributed by atoms with E-state index in [4.69, 9.17) is 9.47 Å². The number of H-pyrrole nitrogens is 1. The van der Waals surface area contributed by atoms with Gasteiger partial charge in [0.05, 0.1) is 26.1 Å². The summed E-state index contributed by atoms with van der Waals surface area (Å²) in [6, 6.07) is 2.09. The molecule has 2 N–H and O–H groups in total. The van der Waals surface area contributed by atoms with Crippen molar-refractivity contribution in [3.63, 3.8) is 0 Å². The number of fused-ring (bicyclic) bond motifs is 4. The minimum absolute atomic E-state index is 0.122. The van der Waals surface area contributed by atoms with E-state index in [1.165, 1.54) is 18.1 Å². The Kier molecular flexibility index (Phi) is 6.19. The van der Waals surface area contributed by atoms with E-state index in [1.54, 1.807) is 17.0 Å². The highest BCUT2D eigenvalue weighted by molar-refractivity contribution is 6.08. The number of urea groups is 1. The van der Waals surface area contributed by atoms with Gasteiger partial charge in [0.25, 0.3) is 5.91 Å². The number of aliphatic hydroxyl groups excluding tert-OH is 1. The summed E-state index contributed by atoms with van der Waals surface area (Å²) in [5.41, 5.74) is 1.80. The summed E-state index contributed by atoms with van der Waals surface area (Å²) in [5, 5.41) is 11.1. The molecule has 0 radical (unpaired) electrons. The van der Waals surface area contributed by atoms with E-state index in [-0.39, 0.29) is 23.4 Å². The first-order valence-electron chi connectivity index (χ1n) is 13.2. The van der Waals surface area contributed by atoms with Crippen LogP contribution < -0.4 is 4.74 Å². The summed E-state index contributed by atoms with van der Waals surface area (Å²) in [4.78, 5) is 36.6. The zero-order valence-electron chi connectivity index (χ0n) is 21.8. The molecule has 3 amide bonds. The van der Waals surface area contributed by atoms with Crippen LogP contribution in [0.25, 0.3) is 10.9 Å². The molecule has 0 saturated carbocycles. The number of carbonyl (C=O) groups excluding carboxylic acids is 2. The Balaban J connectivity index is 1.39. The molecule has 2 aromatic rings. The van der Waals surface area contributed by atoms with Crippen LogP contribution in [0.4, 0.5) is 9.18 Å². The van der Waals surface area contributed by atoms with Gasteiger partial charge in [0.1, 0.15) is 11.6 Å². The molecule has 4 aliphatic rings. The van der Waals surface area contributed by atoms with Crippen molar-refractivity contribution in [2.75, 3.05) is 46.5 Å². The summed E-state index contributed by atoms with van der Waals surface area (Å²) in [5.74, 6) is -0.361. The SMILES string of the molecule is COc1cc2c3c([nH]c2cc1F)[C@@H](C1=CCCC(O)=C1)N1C(=O)N(CCCN2CCOCC2)C(=O)[C@]1(C)C3. The van der Waals surface area contributed by atoms with Gasteiger partial charge in [-0.1, -0.05) is 6.08 Å². The Labute approximate surface area is 220 Å². The number of halogens is 1. The van der Waals surface area contributed by atoms with Crippen molar-refractivity contribution in [3.05, 3.63) is 52.7 Å². The van der Waals surface area contributed by atoms with Crippen LogP contribution in [0.3, 0.4) is 0 Å². The van der Waals surface area contributed by atoms with Crippen LogP contribution in [0, 0.1) is 5.82 Å². The molecule has 9 nitrogen and oxygen atoms in total. The zero-order valence-corrected chi connectivity index (χ0v) is 21.8. The van der Waals surface area contributed by atoms with Crippen molar-refractivity contribution < 1.29 is 28.6 Å². The van der Waals surface area contributed by atoms with Gasteiger partial charge < -0.3 is 19.6 Å². The number of nitrogens with zero attached hydrogens (tertiary/aromatic N) is 3. The molecule has 2 atom stereocenters. The van der Waals surface area contributed by atoms with E-state index >= 15 is 0 Å². The van der Waals surface area contributed by atoms with Gasteiger partial charge in [-0.05, 0) is 43.0 Å². The number of ether oxygens (including phenoxy) is 2. The summed E-state index contributed by atoms with van der Waals surface area (Å²) in [6.07, 6.45) is 5.82. The number of hydrogen-bond donors (Lipinski definition) is 2. The minimum Gasteiger partial charge on any atom is -0.512 e. The fourth-order valence-electron chi connectivity index (χ4n) is 6.39. The number of morpholine rings is 1. The third-order valence-corrected chi connectivity index (χ3v) is 8.33. The van der Waals surface area contributed by atoms with Crippen molar-refractivity contribution in [3.8, 4) is 5.75 Å². The molecule has 202 valence electrons. The Morgan fingerprint density at radius 3 is 2.76 bits per heavy atom. The van der Waals surface area contributed by atoms with Gasteiger partial charge in [0.15, 0.2) is 11.6 Å². The number of imide groups is 1. The van der Waals surface area contributed by atoms with Gasteiger partial charge in [0.2, 0.25) is 0 Å². The quantitative estimate of drug-likeness (QED) is 0.558. The molecule has 38 heavy (non-hydrogen) atoms. The van der Waals surface area contributed by atoms with Crippen molar-refractivity contribution >= 4 is 22.8 Å². The maximum absolute atomic E-state index is 14.6. The lowest BCUT2D eigenvalue weighted by atomic mass is 9.80. The van der Waals surface area contributed by atoms with E-state index in [1.807, 2.05) is 13.0 Å². The van der Waals surface area contributed by atoms with E-state index in [0.717, 1.165) is 41.9 Å². The Hall–Kier alpha value is -3.37. The summed E-state index contributed by atoms with van der Waals surface area (Å²) >= 11 is 0. The number of allylic oxidation sites excluding steroid dienone is 2. The maximum atomic E-state index is 14.6. The molecule has 2 fully saturated rings. The van der Waals surface area contributed by atoms with E-state index in [9.17, 15) is 19.1 Å². The lowest BCUT2D eigenvalue weighted by molar-refractivity contribution is -0.133. The lowest BCUT2D eigenvalue weighted by Gasteiger charge is -2.43. The molecule has 0 spiro atoms. The monoisotopic (exact) mass is 524 g/mol. The highest BCUT2D eigenvalue weighted by Crippen LogP contribution is 2.50. The van der Waals surface area contributed by atoms with Gasteiger partial charge in [-0.25, -0.2) is 9.18 Å². The van der Waals surface area contributed by atoms with E-state index < -0.39 is 17.4 Å². The van der Waals surface area contributed by atoms with Crippen LogP contribution >= 0.6 is 0 Å². The van der Waals surface area contributed by atoms with Crippen LogP contribution in [-0.4, -0.2) is 88.8 Å². The number of benzene rings is 1. The second kappa shape index (κ2) is 9.43. The van der Waals surface area contributed by atoms with Crippen molar-refractivity contribution in [1.82, 2.24) is 19.7 Å². The smallest absolute Gasteiger partial charge is 0.328 e. The lowest BCUT2D eigenvalue weighted by Crippen LogP contribution is -2.53. The third-order valence-electron chi connectivity index (χ3n) is 8.33. The Bertz CT molecular complexity index is 1360. The fraction of sp³-hybridized carbons (Fsp3) is 0.500. The highest BCUT2D eigenvalue weighted by Gasteiger charge is 2.60. The normalized spacial score (nSPS) is 25.9. The standard InChI is InChI=1S/C28H33FN4O5/c1-28-16-20-19-14-23(37-2)21(29)15-22(19)30-24(20)25(17-5-3-6-18(34)13-17)33(28)27(36)32(26(28)35)8-4-7-31-9-11-38-12-10-31/h5,13-15,25,30,34H,3-4,6-12,16H2,1-2H3/t25-,28+/m1/s1. The second-order valence-corrected chi connectivity index (χ2v) is 10.7. The van der Waals surface area contributed by atoms with Crippen LogP contribution in [0.2, 0.25) is 0 Å². The molecule has 1 aromatic carbocycles. The molecule has 2 saturated heterocycles. The summed E-state index contributed by atoms with van der Waals surface area (Å²) in [7, 11) is 1.42. The van der Waals surface area contributed by atoms with Crippen molar-refractivity contribution in [2.45, 2.75) is 44.2 Å². The Morgan fingerprint density at radius 1 is 1.24 bits per heavy atom. The molecular weight excluding hydrogens is 491 g/mol. The topological polar surface area (TPSA) is 98.3 Å². The largest absolute Gasteiger partial charge is 0.512 e. The average molecular weight is 525 g/mol. The first-order valence-corrected chi connectivity index (χ1v) is 13.2. The number of methoxy groups -OCH3 is 1. The van der Waals surface area contributed by atoms with Crippen molar-refractivity contribution in [2.24, 2.45) is 0 Å². The number of carbonyl (C=O) groups is 2. The fourth-order valence-corrected chi connectivity index (χ4v) is 6.39. The molecule has 0 bridgehead atoms. The number of aromatic amines is 1. The Morgan fingerprint density at radius 2 is 2.03 bits per heavy atom. The molecule has 0 unspecified atom stereocenters. The summed E-state index contributed by atoms with van der Waals surface area (Å²) in [6.45, 7) is 6.04. The molecule has 6 rings (SSSR count). The summed E-state index contributed by atoms with van der Waals surface area (Å²) < 4.78 is 25.2. The van der Waals surface area contributed by atoms with E-state index in [2.05, 4.69) is 9.88 Å². The first-order chi connectivity index (χ1) is 18.3. The molecular formula is C28H33FN4O5. The number of hydrogen-bond acceptors (Lipinski definition) is 6. The average Bonchev–Trinajstić information content (AvgIpc) is 3.34.